The quantitative estimate of drug-likeness (QED) is 0.344. The Morgan fingerprint density at radius 2 is 1.98 bits per heavy atom. The molecule has 3 aromatic rings. The zero-order chi connectivity index (χ0) is 33.1. The van der Waals surface area contributed by atoms with Crippen molar-refractivity contribution in [2.45, 2.75) is 73.7 Å². The van der Waals surface area contributed by atoms with Gasteiger partial charge in [0.25, 0.3) is 0 Å². The molecule has 2 N–H and O–H groups in total. The molecule has 4 aliphatic rings. The van der Waals surface area contributed by atoms with Gasteiger partial charge in [-0.25, -0.2) is 0 Å². The van der Waals surface area contributed by atoms with Crippen LogP contribution < -0.4 is 9.47 Å². The van der Waals surface area contributed by atoms with E-state index < -0.39 is 47.2 Å². The van der Waals surface area contributed by atoms with Gasteiger partial charge in [0, 0.05) is 31.3 Å². The number of carbonyl (C=O) groups excluding carboxylic acids is 1. The van der Waals surface area contributed by atoms with E-state index in [1.165, 1.54) is 35.3 Å². The summed E-state index contributed by atoms with van der Waals surface area (Å²) in [6, 6.07) is 19.9. The highest BCUT2D eigenvalue weighted by Crippen LogP contribution is 2.66. The van der Waals surface area contributed by atoms with Crippen LogP contribution in [0.4, 0.5) is 13.2 Å². The number of aliphatic hydroxyl groups is 1. The van der Waals surface area contributed by atoms with Crippen molar-refractivity contribution in [3.8, 4) is 23.3 Å². The lowest BCUT2D eigenvalue weighted by Crippen LogP contribution is -2.79. The van der Waals surface area contributed by atoms with Crippen LogP contribution in [0.25, 0.3) is 6.08 Å². The number of likely N-dealkylation sites (N-methyl/N-ethyl adjacent to an activating group) is 1. The minimum Gasteiger partial charge on any atom is -0.504 e. The minimum atomic E-state index is -4.84. The Labute approximate surface area is 270 Å². The molecule has 47 heavy (non-hydrogen) atoms. The van der Waals surface area contributed by atoms with Crippen molar-refractivity contribution in [3.05, 3.63) is 95.1 Å². The van der Waals surface area contributed by atoms with Crippen molar-refractivity contribution >= 4 is 12.0 Å². The maximum absolute atomic E-state index is 13.6. The highest BCUT2D eigenvalue weighted by atomic mass is 19.4. The predicted molar refractivity (Wildman–Crippen MR) is 165 cm³/mol. The van der Waals surface area contributed by atoms with E-state index in [0.29, 0.717) is 43.5 Å². The second-order valence-electron chi connectivity index (χ2n) is 12.9. The average molecular weight is 646 g/mol. The third-order valence-electron chi connectivity index (χ3n) is 10.6. The van der Waals surface area contributed by atoms with E-state index in [1.807, 2.05) is 36.4 Å². The molecule has 2 aliphatic heterocycles. The number of amides is 1. The molecule has 0 radical (unpaired) electrons. The molecule has 1 saturated carbocycles. The first-order valence-corrected chi connectivity index (χ1v) is 15.7. The lowest BCUT2D eigenvalue weighted by atomic mass is 9.47. The number of aromatic hydroxyl groups is 1. The lowest BCUT2D eigenvalue weighted by Gasteiger charge is -2.65. The van der Waals surface area contributed by atoms with Gasteiger partial charge in [-0.1, -0.05) is 48.5 Å². The molecule has 1 saturated heterocycles. The van der Waals surface area contributed by atoms with Gasteiger partial charge < -0.3 is 24.6 Å². The summed E-state index contributed by atoms with van der Waals surface area (Å²) in [4.78, 5) is 17.2. The summed E-state index contributed by atoms with van der Waals surface area (Å²) in [6.07, 6.45) is -0.677. The number of phenols is 1. The highest BCUT2D eigenvalue weighted by Gasteiger charge is 2.74. The monoisotopic (exact) mass is 645 g/mol. The number of hydrogen-bond donors (Lipinski definition) is 2. The van der Waals surface area contributed by atoms with Gasteiger partial charge in [0.1, 0.15) is 11.9 Å². The number of rotatable bonds is 7. The van der Waals surface area contributed by atoms with E-state index in [9.17, 15) is 33.4 Å². The van der Waals surface area contributed by atoms with Gasteiger partial charge >= 0.3 is 6.36 Å². The fourth-order valence-electron chi connectivity index (χ4n) is 8.63. The first-order valence-electron chi connectivity index (χ1n) is 15.7. The van der Waals surface area contributed by atoms with E-state index in [2.05, 4.69) is 15.7 Å². The van der Waals surface area contributed by atoms with Gasteiger partial charge in [-0.05, 0) is 73.1 Å². The summed E-state index contributed by atoms with van der Waals surface area (Å²) in [7, 11) is 1.63. The number of benzene rings is 3. The van der Waals surface area contributed by atoms with Gasteiger partial charge in [-0.2, -0.15) is 5.26 Å². The van der Waals surface area contributed by atoms with Gasteiger partial charge in [0.05, 0.1) is 29.2 Å². The van der Waals surface area contributed by atoms with E-state index in [4.69, 9.17) is 4.74 Å². The summed E-state index contributed by atoms with van der Waals surface area (Å²) in [5.41, 5.74) is 0.826. The average Bonchev–Trinajstić information content (AvgIpc) is 3.39. The molecule has 6 atom stereocenters. The van der Waals surface area contributed by atoms with Gasteiger partial charge in [0.2, 0.25) is 5.91 Å². The number of likely N-dealkylation sites (tertiary alicyclic amines) is 1. The topological polar surface area (TPSA) is 106 Å². The third kappa shape index (κ3) is 5.02. The van der Waals surface area contributed by atoms with Crippen molar-refractivity contribution in [2.24, 2.45) is 0 Å². The number of ether oxygens (including phenoxy) is 2. The summed E-state index contributed by atoms with van der Waals surface area (Å²) in [5, 5.41) is 34.3. The van der Waals surface area contributed by atoms with Crippen molar-refractivity contribution in [3.63, 3.8) is 0 Å². The minimum absolute atomic E-state index is 0.0538. The molecule has 7 rings (SSSR count). The Morgan fingerprint density at radius 3 is 2.72 bits per heavy atom. The van der Waals surface area contributed by atoms with Crippen LogP contribution in [-0.2, 0) is 23.1 Å². The number of phenolic OH excluding ortho intramolecular Hbond substituents is 1. The van der Waals surface area contributed by atoms with Crippen LogP contribution >= 0.6 is 0 Å². The number of alkyl halides is 3. The largest absolute Gasteiger partial charge is 0.573 e. The van der Waals surface area contributed by atoms with Crippen LogP contribution in [0.5, 0.6) is 17.2 Å². The van der Waals surface area contributed by atoms with E-state index >= 15 is 0 Å². The molecule has 1 unspecified atom stereocenters. The Balaban J connectivity index is 1.21. The summed E-state index contributed by atoms with van der Waals surface area (Å²) in [6.45, 7) is 0.582. The van der Waals surface area contributed by atoms with Crippen LogP contribution in [-0.4, -0.2) is 75.7 Å². The Morgan fingerprint density at radius 1 is 1.19 bits per heavy atom. The predicted octanol–water partition coefficient (Wildman–Crippen LogP) is 5.12. The number of nitriles is 1. The normalized spacial score (nSPS) is 29.1. The van der Waals surface area contributed by atoms with Crippen LogP contribution in [0, 0.1) is 11.3 Å². The first-order chi connectivity index (χ1) is 22.4. The van der Waals surface area contributed by atoms with Crippen molar-refractivity contribution < 1.29 is 37.7 Å². The molecule has 1 amide bonds. The summed E-state index contributed by atoms with van der Waals surface area (Å²) < 4.78 is 48.7. The highest BCUT2D eigenvalue weighted by molar-refractivity contribution is 5.92. The SMILES string of the molecule is CN(C(=O)C=Cc1cccc(OC(F)(F)F)c1)[C@H]1CC[C@@]2(O)[C@H]3Cc4ccc(O)c5c4[C@@]2(CC(C#N)N3CCc2ccccc2)[C@H]1O5. The summed E-state index contributed by atoms with van der Waals surface area (Å²) in [5.74, 6) is -0.564. The van der Waals surface area contributed by atoms with Crippen molar-refractivity contribution in [2.75, 3.05) is 13.6 Å². The third-order valence-corrected chi connectivity index (χ3v) is 10.6. The smallest absolute Gasteiger partial charge is 0.504 e. The zero-order valence-corrected chi connectivity index (χ0v) is 25.7. The fourth-order valence-corrected chi connectivity index (χ4v) is 8.63. The van der Waals surface area contributed by atoms with Crippen molar-refractivity contribution in [1.29, 1.82) is 5.26 Å². The molecule has 2 heterocycles. The Hall–Kier alpha value is -4.53. The van der Waals surface area contributed by atoms with Crippen LogP contribution in [0.3, 0.4) is 0 Å². The fraction of sp³-hybridized carbons (Fsp3) is 0.389. The lowest BCUT2D eigenvalue weighted by molar-refractivity contribution is -0.274. The molecular weight excluding hydrogens is 611 g/mol. The standard InChI is InChI=1S/C36H34F3N3O5/c1-41(30(44)13-10-23-8-5-9-26(18-23)47-36(37,38)39)27-14-16-35(45)29-19-24-11-12-28(43)32-31(24)34(35,33(27)46-32)20-25(21-40)42(29)17-15-22-6-3-2-4-7-22/h2-13,18,25,27,29,33,43,45H,14-17,19-20H2,1H3/t25?,27-,29+,33-,34-,35+/m0/s1. The maximum Gasteiger partial charge on any atom is 0.573 e. The molecule has 2 aliphatic carbocycles. The van der Waals surface area contributed by atoms with Gasteiger partial charge in [-0.15, -0.1) is 13.2 Å². The maximum atomic E-state index is 13.6. The number of halogens is 3. The van der Waals surface area contributed by atoms with Crippen LogP contribution in [0.1, 0.15) is 41.5 Å². The Bertz CT molecular complexity index is 1780. The zero-order valence-electron chi connectivity index (χ0n) is 25.7. The molecule has 8 nitrogen and oxygen atoms in total. The molecule has 2 bridgehead atoms. The molecule has 244 valence electrons. The van der Waals surface area contributed by atoms with Crippen LogP contribution in [0.15, 0.2) is 72.8 Å². The van der Waals surface area contributed by atoms with E-state index in [-0.39, 0.29) is 18.2 Å². The second-order valence-corrected chi connectivity index (χ2v) is 12.9. The molecule has 1 spiro atoms. The number of carbonyl (C=O) groups is 1. The van der Waals surface area contributed by atoms with Gasteiger partial charge in [-0.3, -0.25) is 9.69 Å². The molecule has 2 fully saturated rings. The molecule has 0 aromatic heterocycles. The van der Waals surface area contributed by atoms with Crippen molar-refractivity contribution in [1.82, 2.24) is 9.80 Å². The summed E-state index contributed by atoms with van der Waals surface area (Å²) >= 11 is 0. The molecule has 3 aromatic carbocycles. The Kier molecular flexibility index (Phi) is 7.49. The molecule has 11 heteroatoms. The second kappa shape index (κ2) is 11.3. The first kappa shape index (κ1) is 31.1. The number of hydrogen-bond acceptors (Lipinski definition) is 7. The van der Waals surface area contributed by atoms with Crippen LogP contribution in [0.2, 0.25) is 0 Å². The van der Waals surface area contributed by atoms with E-state index in [0.717, 1.165) is 16.7 Å². The molecular formula is C36H34F3N3O5. The van der Waals surface area contributed by atoms with Gasteiger partial charge in [0.15, 0.2) is 11.5 Å². The number of piperidine rings is 1. The number of nitrogens with zero attached hydrogens (tertiary/aromatic N) is 3. The van der Waals surface area contributed by atoms with E-state index in [1.54, 1.807) is 19.2 Å².